The number of hydrogen-bond donors (Lipinski definition) is 0. The Morgan fingerprint density at radius 2 is 1.57 bits per heavy atom. The number of sulfone groups is 1. The molecular weight excluding hydrogens is 661 g/mol. The van der Waals surface area contributed by atoms with Gasteiger partial charge >= 0.3 is 21.1 Å². The predicted molar refractivity (Wildman–Crippen MR) is 141 cm³/mol. The van der Waals surface area contributed by atoms with Crippen molar-refractivity contribution in [3.8, 4) is 16.9 Å². The van der Waals surface area contributed by atoms with Crippen molar-refractivity contribution in [1.29, 1.82) is 0 Å². The van der Waals surface area contributed by atoms with Gasteiger partial charge in [0.15, 0.2) is 5.03 Å². The second-order valence-corrected chi connectivity index (χ2v) is 10.6. The Morgan fingerprint density at radius 3 is 2.38 bits per heavy atom. The minimum Gasteiger partial charge on any atom is -0.313 e. The fourth-order valence-electron chi connectivity index (χ4n) is 4.51. The molecule has 184 valence electrons. The van der Waals surface area contributed by atoms with Crippen LogP contribution in [0.2, 0.25) is 0 Å². The van der Waals surface area contributed by atoms with Crippen LogP contribution in [-0.4, -0.2) is 23.0 Å². The van der Waals surface area contributed by atoms with Crippen LogP contribution < -0.4 is 0 Å². The van der Waals surface area contributed by atoms with Crippen LogP contribution in [0.25, 0.3) is 38.8 Å². The minimum absolute atomic E-state index is 0. The molecule has 0 spiro atoms. The Bertz CT molecular complexity index is 1890. The van der Waals surface area contributed by atoms with Gasteiger partial charge in [-0.15, -0.1) is 12.1 Å². The van der Waals surface area contributed by atoms with Gasteiger partial charge in [0, 0.05) is 17.9 Å². The fourth-order valence-corrected chi connectivity index (χ4v) is 5.78. The number of nitrogens with zero attached hydrogens (tertiary/aromatic N) is 3. The van der Waals surface area contributed by atoms with Gasteiger partial charge in [-0.3, -0.25) is 0 Å². The van der Waals surface area contributed by atoms with E-state index in [9.17, 15) is 8.42 Å². The van der Waals surface area contributed by atoms with Crippen molar-refractivity contribution >= 4 is 31.6 Å². The van der Waals surface area contributed by atoms with Crippen LogP contribution in [0.3, 0.4) is 0 Å². The Kier molecular flexibility index (Phi) is 6.57. The van der Waals surface area contributed by atoms with Gasteiger partial charge in [0.05, 0.1) is 0 Å². The molecule has 3 aromatic carbocycles. The summed E-state index contributed by atoms with van der Waals surface area (Å²) in [6, 6.07) is 31.3. The normalized spacial score (nSPS) is 11.5. The molecule has 0 saturated heterocycles. The molecule has 0 N–H and O–H groups in total. The van der Waals surface area contributed by atoms with Gasteiger partial charge in [-0.1, -0.05) is 29.7 Å². The molecule has 6 rings (SSSR count). The summed E-state index contributed by atoms with van der Waals surface area (Å²) in [5.74, 6) is 0.836. The fraction of sp³-hybridized carbons (Fsp3) is 0.0667. The summed E-state index contributed by atoms with van der Waals surface area (Å²) in [7, 11) is -3.81. The number of para-hydroxylation sites is 1. The third-order valence-corrected chi connectivity index (χ3v) is 7.88. The van der Waals surface area contributed by atoms with Gasteiger partial charge in [-0.2, -0.15) is 30.3 Å². The SMILES string of the molecule is Cc1ccnc(S(=O)(=O)c2[c-]c(-c3[c-]c4c(cc3)c3ccccc3n4-c3ncccc3C)ccc2)c1.[Pt+2]. The van der Waals surface area contributed by atoms with Gasteiger partial charge < -0.3 is 4.57 Å². The minimum atomic E-state index is -3.81. The van der Waals surface area contributed by atoms with E-state index in [0.29, 0.717) is 5.56 Å². The van der Waals surface area contributed by atoms with Gasteiger partial charge in [-0.05, 0) is 65.0 Å². The summed E-state index contributed by atoms with van der Waals surface area (Å²) >= 11 is 0. The van der Waals surface area contributed by atoms with Crippen molar-refractivity contribution < 1.29 is 29.5 Å². The molecule has 0 atom stereocenters. The molecule has 5 nitrogen and oxygen atoms in total. The Balaban J connectivity index is 0.00000280. The van der Waals surface area contributed by atoms with Crippen LogP contribution in [-0.2, 0) is 30.9 Å². The van der Waals surface area contributed by atoms with Gasteiger partial charge in [0.25, 0.3) is 0 Å². The van der Waals surface area contributed by atoms with Crippen LogP contribution in [0, 0.1) is 26.0 Å². The number of aromatic nitrogens is 3. The van der Waals surface area contributed by atoms with Crippen molar-refractivity contribution in [2.45, 2.75) is 23.8 Å². The number of hydrogen-bond acceptors (Lipinski definition) is 4. The van der Waals surface area contributed by atoms with E-state index in [-0.39, 0.29) is 31.0 Å². The zero-order chi connectivity index (χ0) is 24.9. The molecule has 37 heavy (non-hydrogen) atoms. The van der Waals surface area contributed by atoms with E-state index in [4.69, 9.17) is 0 Å². The molecule has 0 aliphatic heterocycles. The summed E-state index contributed by atoms with van der Waals surface area (Å²) in [6.45, 7) is 3.88. The monoisotopic (exact) mass is 682 g/mol. The second kappa shape index (κ2) is 9.69. The third-order valence-electron chi connectivity index (χ3n) is 6.29. The van der Waals surface area contributed by atoms with E-state index < -0.39 is 9.84 Å². The predicted octanol–water partition coefficient (Wildman–Crippen LogP) is 6.29. The molecule has 0 saturated carbocycles. The number of pyridine rings is 2. The molecule has 3 aromatic heterocycles. The maximum absolute atomic E-state index is 13.3. The van der Waals surface area contributed by atoms with Gasteiger partial charge in [-0.25, -0.2) is 29.5 Å². The van der Waals surface area contributed by atoms with Crippen LogP contribution in [0.4, 0.5) is 0 Å². The van der Waals surface area contributed by atoms with Crippen molar-refractivity contribution in [2.24, 2.45) is 0 Å². The van der Waals surface area contributed by atoms with Gasteiger partial charge in [0.1, 0.15) is 5.82 Å². The van der Waals surface area contributed by atoms with Crippen molar-refractivity contribution in [3.63, 3.8) is 0 Å². The summed E-state index contributed by atoms with van der Waals surface area (Å²) in [5.41, 5.74) is 5.17. The maximum atomic E-state index is 13.3. The Labute approximate surface area is 230 Å². The number of rotatable bonds is 4. The van der Waals surface area contributed by atoms with Crippen LogP contribution in [0.1, 0.15) is 11.1 Å². The molecule has 0 aliphatic carbocycles. The van der Waals surface area contributed by atoms with E-state index in [1.165, 1.54) is 6.20 Å². The van der Waals surface area contributed by atoms with Crippen molar-refractivity contribution in [2.75, 3.05) is 0 Å². The molecule has 7 heteroatoms. The quantitative estimate of drug-likeness (QED) is 0.205. The molecule has 0 amide bonds. The molecule has 3 heterocycles. The number of benzene rings is 3. The molecule has 0 unspecified atom stereocenters. The molecular formula is C30H21N3O2PtS. The zero-order valence-corrected chi connectivity index (χ0v) is 23.1. The third kappa shape index (κ3) is 4.30. The van der Waals surface area contributed by atoms with Crippen LogP contribution in [0.15, 0.2) is 101 Å². The molecule has 0 aliphatic rings. The first-order valence-electron chi connectivity index (χ1n) is 11.5. The second-order valence-electron chi connectivity index (χ2n) is 8.73. The van der Waals surface area contributed by atoms with Crippen molar-refractivity contribution in [3.05, 3.63) is 115 Å². The standard InChI is InChI=1S/C30H21N3O2S.Pt/c1-20-14-16-31-29(17-20)36(34,35)24-9-5-8-22(18-24)23-12-13-26-25-10-3-4-11-27(25)33(28(26)19-23)30-21(2)7-6-15-32-30;/h3-17H,1-2H3;/q-2;+2. The summed E-state index contributed by atoms with van der Waals surface area (Å²) in [5, 5.41) is 2.17. The summed E-state index contributed by atoms with van der Waals surface area (Å²) < 4.78 is 28.6. The summed E-state index contributed by atoms with van der Waals surface area (Å²) in [4.78, 5) is 8.82. The van der Waals surface area contributed by atoms with Gasteiger partial charge in [0.2, 0.25) is 9.84 Å². The average Bonchev–Trinajstić information content (AvgIpc) is 3.22. The van der Waals surface area contributed by atoms with E-state index in [1.54, 1.807) is 30.5 Å². The molecule has 0 bridgehead atoms. The molecule has 0 fully saturated rings. The van der Waals surface area contributed by atoms with E-state index in [0.717, 1.165) is 44.3 Å². The first-order chi connectivity index (χ1) is 17.4. The maximum Gasteiger partial charge on any atom is 2.00 e. The van der Waals surface area contributed by atoms with E-state index in [2.05, 4.69) is 44.9 Å². The molecule has 6 aromatic rings. The largest absolute Gasteiger partial charge is 2.00 e. The number of fused-ring (bicyclic) bond motifs is 3. The Hall–Kier alpha value is -3.60. The van der Waals surface area contributed by atoms with Crippen molar-refractivity contribution in [1.82, 2.24) is 14.5 Å². The number of aryl methyl sites for hydroxylation is 2. The zero-order valence-electron chi connectivity index (χ0n) is 20.0. The van der Waals surface area contributed by atoms with E-state index in [1.807, 2.05) is 50.2 Å². The first-order valence-corrected chi connectivity index (χ1v) is 13.0. The smallest absolute Gasteiger partial charge is 0.313 e. The first kappa shape index (κ1) is 25.1. The van der Waals surface area contributed by atoms with Crippen LogP contribution >= 0.6 is 0 Å². The topological polar surface area (TPSA) is 64.8 Å². The van der Waals surface area contributed by atoms with E-state index >= 15 is 0 Å². The van der Waals surface area contributed by atoms with Crippen LogP contribution in [0.5, 0.6) is 0 Å². The summed E-state index contributed by atoms with van der Waals surface area (Å²) in [6.07, 6.45) is 3.29. The Morgan fingerprint density at radius 1 is 0.757 bits per heavy atom. The molecule has 0 radical (unpaired) electrons. The average molecular weight is 683 g/mol.